The number of benzene rings is 1. The van der Waals surface area contributed by atoms with Crippen molar-refractivity contribution >= 4 is 23.4 Å². The number of carboxylic acid groups (broad SMARTS) is 1. The van der Waals surface area contributed by atoms with Crippen LogP contribution in [0.25, 0.3) is 0 Å². The highest BCUT2D eigenvalue weighted by atomic mass is 35.5. The van der Waals surface area contributed by atoms with E-state index in [0.717, 1.165) is 17.8 Å². The third-order valence-corrected chi connectivity index (χ3v) is 8.45. The predicted octanol–water partition coefficient (Wildman–Crippen LogP) is 5.76. The number of halogens is 2. The fraction of sp³-hybridized carbons (Fsp3) is 0.667. The van der Waals surface area contributed by atoms with Crippen molar-refractivity contribution in [3.05, 3.63) is 28.5 Å². The normalized spacial score (nSPS) is 36.8. The summed E-state index contributed by atoms with van der Waals surface area (Å²) in [4.78, 5) is 24.2. The van der Waals surface area contributed by atoms with E-state index in [-0.39, 0.29) is 21.8 Å². The van der Waals surface area contributed by atoms with E-state index in [1.54, 1.807) is 0 Å². The fourth-order valence-corrected chi connectivity index (χ4v) is 7.51. The number of hydrogen-bond acceptors (Lipinski definition) is 3. The molecule has 1 N–H and O–H groups in total. The van der Waals surface area contributed by atoms with Crippen LogP contribution in [-0.2, 0) is 4.79 Å². The number of carbonyl (C=O) groups excluding carboxylic acids is 1. The van der Waals surface area contributed by atoms with Gasteiger partial charge in [0.15, 0.2) is 5.78 Å². The second-order valence-electron chi connectivity index (χ2n) is 10.3. The van der Waals surface area contributed by atoms with Crippen LogP contribution in [0.1, 0.15) is 68.1 Å². The van der Waals surface area contributed by atoms with Crippen LogP contribution in [0.2, 0.25) is 5.02 Å². The summed E-state index contributed by atoms with van der Waals surface area (Å²) in [6.07, 6.45) is 9.20. The van der Waals surface area contributed by atoms with Gasteiger partial charge in [-0.1, -0.05) is 18.0 Å². The van der Waals surface area contributed by atoms with E-state index in [1.165, 1.54) is 50.7 Å². The number of rotatable bonds is 6. The van der Waals surface area contributed by atoms with E-state index < -0.39 is 29.4 Å². The third-order valence-electron chi connectivity index (χ3n) is 8.16. The minimum atomic E-state index is -0.993. The van der Waals surface area contributed by atoms with Crippen LogP contribution in [0.3, 0.4) is 0 Å². The van der Waals surface area contributed by atoms with Gasteiger partial charge in [0.25, 0.3) is 0 Å². The molecule has 6 rings (SSSR count). The zero-order chi connectivity index (χ0) is 21.0. The number of ketones is 1. The molecule has 0 heterocycles. The number of Topliss-reactive ketones (excluding diaryl/α,β-unsaturated/α-hetero) is 1. The summed E-state index contributed by atoms with van der Waals surface area (Å²) in [5.74, 6) is -0.875. The summed E-state index contributed by atoms with van der Waals surface area (Å²) in [6, 6.07) is 2.53. The zero-order valence-electron chi connectivity index (χ0n) is 17.0. The van der Waals surface area contributed by atoms with Crippen LogP contribution < -0.4 is 4.74 Å². The number of carbonyl (C=O) groups is 2. The van der Waals surface area contributed by atoms with Crippen LogP contribution in [-0.4, -0.2) is 23.5 Å². The predicted molar refractivity (Wildman–Crippen MR) is 110 cm³/mol. The highest BCUT2D eigenvalue weighted by molar-refractivity contribution is 6.32. The molecule has 5 aliphatic rings. The van der Waals surface area contributed by atoms with Crippen molar-refractivity contribution in [3.8, 4) is 5.75 Å². The van der Waals surface area contributed by atoms with E-state index in [1.807, 2.05) is 0 Å². The van der Waals surface area contributed by atoms with Gasteiger partial charge in [-0.05, 0) is 75.2 Å². The Hall–Kier alpha value is -1.62. The Labute approximate surface area is 181 Å². The van der Waals surface area contributed by atoms with E-state index in [2.05, 4.69) is 0 Å². The smallest absolute Gasteiger partial charge is 0.307 e. The fourth-order valence-electron chi connectivity index (χ4n) is 7.29. The Morgan fingerprint density at radius 1 is 1.07 bits per heavy atom. The van der Waals surface area contributed by atoms with Gasteiger partial charge in [-0.3, -0.25) is 9.59 Å². The molecule has 0 aliphatic heterocycles. The van der Waals surface area contributed by atoms with Crippen molar-refractivity contribution in [1.29, 1.82) is 0 Å². The summed E-state index contributed by atoms with van der Waals surface area (Å²) in [5, 5.41) is 9.56. The van der Waals surface area contributed by atoms with Crippen molar-refractivity contribution in [1.82, 2.24) is 0 Å². The van der Waals surface area contributed by atoms with Gasteiger partial charge in [0, 0.05) is 17.4 Å². The van der Waals surface area contributed by atoms with Gasteiger partial charge in [0.1, 0.15) is 11.6 Å². The van der Waals surface area contributed by atoms with Gasteiger partial charge >= 0.3 is 5.97 Å². The van der Waals surface area contributed by atoms with Gasteiger partial charge in [-0.2, -0.15) is 0 Å². The first-order valence-corrected chi connectivity index (χ1v) is 11.6. The summed E-state index contributed by atoms with van der Waals surface area (Å²) in [7, 11) is 0. The second-order valence-corrected chi connectivity index (χ2v) is 10.7. The monoisotopic (exact) mass is 434 g/mol. The van der Waals surface area contributed by atoms with Gasteiger partial charge in [0.05, 0.1) is 23.1 Å². The number of aliphatic carboxylic acids is 1. The lowest BCUT2D eigenvalue weighted by molar-refractivity contribution is -0.142. The van der Waals surface area contributed by atoms with Crippen molar-refractivity contribution < 1.29 is 23.8 Å². The van der Waals surface area contributed by atoms with Gasteiger partial charge < -0.3 is 9.84 Å². The molecule has 4 nitrogen and oxygen atoms in total. The molecule has 5 fully saturated rings. The molecular formula is C24H28ClFO4. The van der Waals surface area contributed by atoms with Crippen molar-refractivity contribution in [2.24, 2.45) is 35.0 Å². The Morgan fingerprint density at radius 2 is 1.67 bits per heavy atom. The maximum atomic E-state index is 14.8. The number of hydrogen-bond donors (Lipinski definition) is 1. The molecule has 0 unspecified atom stereocenters. The van der Waals surface area contributed by atoms with Gasteiger partial charge in [-0.15, -0.1) is 0 Å². The number of carboxylic acids is 1. The first-order valence-electron chi connectivity index (χ1n) is 11.2. The molecule has 1 aromatic rings. The molecule has 4 bridgehead atoms. The molecule has 0 radical (unpaired) electrons. The molecule has 0 amide bonds. The lowest BCUT2D eigenvalue weighted by Crippen LogP contribution is -2.48. The van der Waals surface area contributed by atoms with E-state index in [9.17, 15) is 19.1 Å². The average Bonchev–Trinajstić information content (AvgIpc) is 3.17. The molecule has 2 atom stereocenters. The molecule has 0 spiro atoms. The highest BCUT2D eigenvalue weighted by Gasteiger charge is 2.51. The quantitative estimate of drug-likeness (QED) is 0.578. The van der Waals surface area contributed by atoms with E-state index >= 15 is 0 Å². The third kappa shape index (κ3) is 3.53. The van der Waals surface area contributed by atoms with Crippen molar-refractivity contribution in [3.63, 3.8) is 0 Å². The molecule has 6 heteroatoms. The maximum absolute atomic E-state index is 14.8. The standard InChI is InChI=1S/C24H28ClFO4/c25-19-7-18(22(27)16-2-1-3-17(16)23(28)29)20(26)8-21(19)30-12-24-9-13-4-14(10-24)6-15(5-13)11-24/h7-8,13-17H,1-6,9-12H2,(H,28,29)/t13?,14?,15?,16-,17+,24?/m0/s1. The van der Waals surface area contributed by atoms with Gasteiger partial charge in [-0.25, -0.2) is 4.39 Å². The minimum absolute atomic E-state index is 0.125. The van der Waals surface area contributed by atoms with Crippen molar-refractivity contribution in [2.75, 3.05) is 6.61 Å². The van der Waals surface area contributed by atoms with Crippen molar-refractivity contribution in [2.45, 2.75) is 57.8 Å². The van der Waals surface area contributed by atoms with Crippen LogP contribution in [0.15, 0.2) is 12.1 Å². The first kappa shape index (κ1) is 20.3. The largest absolute Gasteiger partial charge is 0.491 e. The van der Waals surface area contributed by atoms with E-state index in [4.69, 9.17) is 16.3 Å². The molecular weight excluding hydrogens is 407 g/mol. The Bertz CT molecular complexity index is 847. The maximum Gasteiger partial charge on any atom is 0.307 e. The van der Waals surface area contributed by atoms with Gasteiger partial charge in [0.2, 0.25) is 0 Å². The second kappa shape index (κ2) is 7.51. The molecule has 0 aromatic heterocycles. The molecule has 5 aliphatic carbocycles. The highest BCUT2D eigenvalue weighted by Crippen LogP contribution is 2.60. The average molecular weight is 435 g/mol. The molecule has 5 saturated carbocycles. The topological polar surface area (TPSA) is 63.6 Å². The van der Waals surface area contributed by atoms with Crippen LogP contribution >= 0.6 is 11.6 Å². The first-order chi connectivity index (χ1) is 14.3. The summed E-state index contributed by atoms with van der Waals surface area (Å²) in [5.41, 5.74) is 0.0574. The molecule has 162 valence electrons. The lowest BCUT2D eigenvalue weighted by Gasteiger charge is -2.56. The Kier molecular flexibility index (Phi) is 5.08. The lowest BCUT2D eigenvalue weighted by atomic mass is 9.50. The van der Waals surface area contributed by atoms with Crippen LogP contribution in [0.5, 0.6) is 5.75 Å². The van der Waals surface area contributed by atoms with Crippen LogP contribution in [0, 0.1) is 40.8 Å². The molecule has 0 saturated heterocycles. The zero-order valence-corrected chi connectivity index (χ0v) is 17.8. The SMILES string of the molecule is O=C(c1cc(Cl)c(OCC23CC4CC(CC(C4)C2)C3)cc1F)[C@H]1CCC[C@H]1C(=O)O. The minimum Gasteiger partial charge on any atom is -0.491 e. The summed E-state index contributed by atoms with van der Waals surface area (Å²) in [6.45, 7) is 0.548. The summed E-state index contributed by atoms with van der Waals surface area (Å²) < 4.78 is 20.9. The van der Waals surface area contributed by atoms with Crippen LogP contribution in [0.4, 0.5) is 4.39 Å². The Morgan fingerprint density at radius 3 is 2.27 bits per heavy atom. The molecule has 30 heavy (non-hydrogen) atoms. The summed E-state index contributed by atoms with van der Waals surface area (Å²) >= 11 is 6.38. The van der Waals surface area contributed by atoms with E-state index in [0.29, 0.717) is 25.9 Å². The molecule has 1 aromatic carbocycles. The Balaban J connectivity index is 1.31. The number of ether oxygens (including phenoxy) is 1.